The summed E-state index contributed by atoms with van der Waals surface area (Å²) < 4.78 is 7.52. The van der Waals surface area contributed by atoms with E-state index in [1.165, 1.54) is 0 Å². The predicted octanol–water partition coefficient (Wildman–Crippen LogP) is 2.29. The minimum Gasteiger partial charge on any atom is -0.474 e. The van der Waals surface area contributed by atoms with Crippen molar-refractivity contribution >= 4 is 34.3 Å². The van der Waals surface area contributed by atoms with Gasteiger partial charge in [0.05, 0.1) is 16.9 Å². The number of pyridine rings is 1. The molecule has 0 radical (unpaired) electrons. The van der Waals surface area contributed by atoms with Crippen LogP contribution >= 0.6 is 11.6 Å². The van der Waals surface area contributed by atoms with E-state index in [0.29, 0.717) is 29.5 Å². The van der Waals surface area contributed by atoms with Crippen LogP contribution in [-0.4, -0.2) is 53.3 Å². The van der Waals surface area contributed by atoms with E-state index < -0.39 is 0 Å². The second kappa shape index (κ2) is 7.31. The summed E-state index contributed by atoms with van der Waals surface area (Å²) in [4.78, 5) is 18.6. The van der Waals surface area contributed by atoms with Crippen LogP contribution in [0.5, 0.6) is 5.88 Å². The van der Waals surface area contributed by atoms with Gasteiger partial charge in [-0.15, -0.1) is 5.10 Å². The molecule has 0 saturated carbocycles. The van der Waals surface area contributed by atoms with E-state index in [9.17, 15) is 4.79 Å². The molecule has 2 heterocycles. The first kappa shape index (κ1) is 18.2. The van der Waals surface area contributed by atoms with Crippen molar-refractivity contribution in [1.29, 1.82) is 0 Å². The summed E-state index contributed by atoms with van der Waals surface area (Å²) in [6.07, 6.45) is 3.44. The number of aromatic nitrogens is 2. The number of allylic oxidation sites excluding steroid dienone is 3. The molecule has 1 aliphatic rings. The molecule has 26 heavy (non-hydrogen) atoms. The lowest BCUT2D eigenvalue weighted by atomic mass is 10.0. The number of fused-ring (bicyclic) bond motifs is 1. The van der Waals surface area contributed by atoms with Crippen molar-refractivity contribution in [1.82, 2.24) is 14.5 Å². The summed E-state index contributed by atoms with van der Waals surface area (Å²) in [7, 11) is 3.93. The molecule has 136 valence electrons. The van der Waals surface area contributed by atoms with E-state index in [1.807, 2.05) is 43.4 Å². The van der Waals surface area contributed by atoms with Gasteiger partial charge in [0.15, 0.2) is 5.69 Å². The van der Waals surface area contributed by atoms with Gasteiger partial charge in [-0.1, -0.05) is 17.7 Å². The number of ketones is 1. The van der Waals surface area contributed by atoms with Gasteiger partial charge in [-0.05, 0) is 39.2 Å². The normalized spacial score (nSPS) is 16.7. The fourth-order valence-electron chi connectivity index (χ4n) is 2.46. The second-order valence-electron chi connectivity index (χ2n) is 6.22. The quantitative estimate of drug-likeness (QED) is 0.813. The monoisotopic (exact) mass is 373 g/mol. The van der Waals surface area contributed by atoms with E-state index >= 15 is 0 Å². The summed E-state index contributed by atoms with van der Waals surface area (Å²) in [6.45, 7) is 2.89. The van der Waals surface area contributed by atoms with Crippen LogP contribution in [0.2, 0.25) is 0 Å². The van der Waals surface area contributed by atoms with Crippen LogP contribution in [0, 0.1) is 0 Å². The van der Waals surface area contributed by atoms with E-state index in [4.69, 9.17) is 22.1 Å². The minimum absolute atomic E-state index is 0.0182. The number of carbonyl (C=O) groups excluding carboxylic acids is 1. The zero-order chi connectivity index (χ0) is 18.8. The van der Waals surface area contributed by atoms with E-state index in [0.717, 1.165) is 12.1 Å². The van der Waals surface area contributed by atoms with Crippen LogP contribution in [-0.2, 0) is 4.79 Å². The third-order valence-corrected chi connectivity index (χ3v) is 4.29. The molecular weight excluding hydrogens is 354 g/mol. The number of ether oxygens (including phenoxy) is 1. The maximum atomic E-state index is 11.9. The van der Waals surface area contributed by atoms with E-state index in [-0.39, 0.29) is 16.5 Å². The Kier molecular flexibility index (Phi) is 5.11. The van der Waals surface area contributed by atoms with Crippen LogP contribution in [0.25, 0.3) is 5.52 Å². The molecule has 3 rings (SSSR count). The number of hydrogen-bond donors (Lipinski definition) is 1. The highest BCUT2D eigenvalue weighted by molar-refractivity contribution is 6.49. The third kappa shape index (κ3) is 3.49. The Morgan fingerprint density at radius 2 is 2.15 bits per heavy atom. The lowest BCUT2D eigenvalue weighted by Crippen LogP contribution is -2.21. The lowest BCUT2D eigenvalue weighted by Gasteiger charge is -2.13. The summed E-state index contributed by atoms with van der Waals surface area (Å²) in [5.74, 6) is 0.114. The Hall–Kier alpha value is -2.64. The summed E-state index contributed by atoms with van der Waals surface area (Å²) in [6, 6.07) is 5.65. The van der Waals surface area contributed by atoms with Gasteiger partial charge in [0, 0.05) is 18.3 Å². The van der Waals surface area contributed by atoms with E-state index in [2.05, 4.69) is 10.1 Å². The van der Waals surface area contributed by atoms with Gasteiger partial charge in [-0.25, -0.2) is 9.51 Å². The fourth-order valence-corrected chi connectivity index (χ4v) is 2.71. The average Bonchev–Trinajstić information content (AvgIpc) is 2.95. The highest BCUT2D eigenvalue weighted by atomic mass is 35.5. The number of halogens is 1. The van der Waals surface area contributed by atoms with Crippen LogP contribution < -0.4 is 10.5 Å². The summed E-state index contributed by atoms with van der Waals surface area (Å²) in [5.41, 5.74) is 8.37. The van der Waals surface area contributed by atoms with Gasteiger partial charge in [-0.2, -0.15) is 0 Å². The molecule has 0 aliphatic heterocycles. The lowest BCUT2D eigenvalue weighted by molar-refractivity contribution is -0.111. The number of nitrogens with zero attached hydrogens (tertiary/aromatic N) is 4. The predicted molar refractivity (Wildman–Crippen MR) is 102 cm³/mol. The van der Waals surface area contributed by atoms with Crippen molar-refractivity contribution in [2.75, 3.05) is 27.2 Å². The van der Waals surface area contributed by atoms with Crippen molar-refractivity contribution in [2.45, 2.75) is 6.92 Å². The number of aliphatic imine (C=N–C) groups is 1. The fraction of sp³-hybridized carbons (Fsp3) is 0.278. The molecule has 1 aliphatic carbocycles. The topological polar surface area (TPSA) is 85.2 Å². The van der Waals surface area contributed by atoms with Crippen LogP contribution in [0.3, 0.4) is 0 Å². The number of likely N-dealkylation sites (N-methyl/N-ethyl adjacent to an activating group) is 1. The SMILES string of the molecule is CC1=CC(=Nc2c(OCCN(C)C)nn3ccccc23)C(N)=C(Cl)C1=O. The highest BCUT2D eigenvalue weighted by Gasteiger charge is 2.23. The molecule has 2 aromatic rings. The summed E-state index contributed by atoms with van der Waals surface area (Å²) in [5, 5.41) is 4.43. The molecule has 0 bridgehead atoms. The van der Waals surface area contributed by atoms with Crippen molar-refractivity contribution < 1.29 is 9.53 Å². The number of Topliss-reactive ketones (excluding diaryl/α,β-unsaturated/α-hetero) is 1. The zero-order valence-corrected chi connectivity index (χ0v) is 15.6. The van der Waals surface area contributed by atoms with Crippen molar-refractivity contribution in [3.8, 4) is 5.88 Å². The first-order valence-corrected chi connectivity index (χ1v) is 8.48. The Bertz CT molecular complexity index is 956. The molecule has 8 heteroatoms. The molecule has 2 aromatic heterocycles. The molecule has 0 amide bonds. The molecule has 0 spiro atoms. The van der Waals surface area contributed by atoms with E-state index in [1.54, 1.807) is 17.5 Å². The standard InChI is InChI=1S/C18H20ClN5O2/c1-11-10-12(15(20)14(19)17(11)25)21-16-13-6-4-5-7-24(13)22-18(16)26-9-8-23(2)3/h4-7,10H,8-9,20H2,1-3H3. The van der Waals surface area contributed by atoms with Gasteiger partial charge < -0.3 is 15.4 Å². The first-order valence-electron chi connectivity index (χ1n) is 8.10. The maximum absolute atomic E-state index is 11.9. The molecule has 0 aromatic carbocycles. The molecule has 0 unspecified atom stereocenters. The van der Waals surface area contributed by atoms with Crippen molar-refractivity contribution in [3.63, 3.8) is 0 Å². The highest BCUT2D eigenvalue weighted by Crippen LogP contribution is 2.33. The van der Waals surface area contributed by atoms with Gasteiger partial charge in [0.2, 0.25) is 5.78 Å². The number of nitrogens with two attached hydrogens (primary N) is 1. The summed E-state index contributed by atoms with van der Waals surface area (Å²) >= 11 is 6.05. The Labute approximate surface area is 156 Å². The third-order valence-electron chi connectivity index (χ3n) is 3.92. The Morgan fingerprint density at radius 3 is 2.88 bits per heavy atom. The van der Waals surface area contributed by atoms with Gasteiger partial charge in [0.25, 0.3) is 5.88 Å². The average molecular weight is 374 g/mol. The Morgan fingerprint density at radius 1 is 1.38 bits per heavy atom. The molecule has 0 atom stereocenters. The molecule has 0 saturated heterocycles. The van der Waals surface area contributed by atoms with Crippen LogP contribution in [0.1, 0.15) is 6.92 Å². The second-order valence-corrected chi connectivity index (χ2v) is 6.60. The van der Waals surface area contributed by atoms with Gasteiger partial charge in [0.1, 0.15) is 11.6 Å². The number of hydrogen-bond acceptors (Lipinski definition) is 6. The van der Waals surface area contributed by atoms with Gasteiger partial charge in [-0.3, -0.25) is 4.79 Å². The largest absolute Gasteiger partial charge is 0.474 e. The first-order chi connectivity index (χ1) is 12.4. The molecule has 2 N–H and O–H groups in total. The van der Waals surface area contributed by atoms with Gasteiger partial charge >= 0.3 is 0 Å². The maximum Gasteiger partial charge on any atom is 0.260 e. The number of rotatable bonds is 5. The minimum atomic E-state index is -0.287. The Balaban J connectivity index is 2.07. The van der Waals surface area contributed by atoms with Crippen molar-refractivity contribution in [3.05, 3.63) is 46.8 Å². The molecule has 7 nitrogen and oxygen atoms in total. The molecule has 0 fully saturated rings. The smallest absolute Gasteiger partial charge is 0.260 e. The number of carbonyl (C=O) groups is 1. The zero-order valence-electron chi connectivity index (χ0n) is 14.9. The molecular formula is C18H20ClN5O2. The van der Waals surface area contributed by atoms with Crippen LogP contribution in [0.4, 0.5) is 5.69 Å². The van der Waals surface area contributed by atoms with Crippen molar-refractivity contribution in [2.24, 2.45) is 10.7 Å². The van der Waals surface area contributed by atoms with Crippen LogP contribution in [0.15, 0.2) is 51.8 Å².